The summed E-state index contributed by atoms with van der Waals surface area (Å²) in [7, 11) is -3.31. The number of hydrogen-bond acceptors (Lipinski definition) is 4. The van der Waals surface area contributed by atoms with Crippen LogP contribution < -0.4 is 5.32 Å². The molecule has 0 bridgehead atoms. The van der Waals surface area contributed by atoms with E-state index < -0.39 is 33.6 Å². The monoisotopic (exact) mass is 317 g/mol. The Morgan fingerprint density at radius 1 is 1.29 bits per heavy atom. The lowest BCUT2D eigenvalue weighted by atomic mass is 10.1. The highest BCUT2D eigenvalue weighted by molar-refractivity contribution is 7.90. The van der Waals surface area contributed by atoms with Crippen LogP contribution in [0.5, 0.6) is 0 Å². The van der Waals surface area contributed by atoms with E-state index in [2.05, 4.69) is 5.32 Å². The fourth-order valence-electron chi connectivity index (χ4n) is 1.62. The van der Waals surface area contributed by atoms with Crippen molar-refractivity contribution in [3.05, 3.63) is 35.6 Å². The van der Waals surface area contributed by atoms with Crippen molar-refractivity contribution >= 4 is 21.7 Å². The fourth-order valence-corrected chi connectivity index (χ4v) is 2.29. The van der Waals surface area contributed by atoms with Crippen molar-refractivity contribution in [3.63, 3.8) is 0 Å². The number of carboxylic acid groups (broad SMARTS) is 1. The van der Waals surface area contributed by atoms with E-state index in [0.717, 1.165) is 6.26 Å². The summed E-state index contributed by atoms with van der Waals surface area (Å²) >= 11 is 0. The average Bonchev–Trinajstić information content (AvgIpc) is 2.36. The number of carbonyl (C=O) groups excluding carboxylic acids is 1. The third-order valence-electron chi connectivity index (χ3n) is 2.69. The number of rotatable bonds is 7. The van der Waals surface area contributed by atoms with Gasteiger partial charge in [0.15, 0.2) is 0 Å². The van der Waals surface area contributed by atoms with Crippen LogP contribution in [0.15, 0.2) is 24.3 Å². The fraction of sp³-hybridized carbons (Fsp3) is 0.385. The van der Waals surface area contributed by atoms with Crippen LogP contribution in [0.1, 0.15) is 12.0 Å². The van der Waals surface area contributed by atoms with Crippen molar-refractivity contribution in [1.29, 1.82) is 0 Å². The predicted octanol–water partition coefficient (Wildman–Crippen LogP) is 0.372. The van der Waals surface area contributed by atoms with Crippen LogP contribution in [0.2, 0.25) is 0 Å². The van der Waals surface area contributed by atoms with Crippen LogP contribution in [0.25, 0.3) is 0 Å². The molecule has 0 aliphatic heterocycles. The highest BCUT2D eigenvalue weighted by atomic mass is 32.2. The van der Waals surface area contributed by atoms with Crippen LogP contribution in [-0.4, -0.2) is 43.5 Å². The molecule has 1 unspecified atom stereocenters. The minimum atomic E-state index is -3.31. The molecular formula is C13H16FNO5S. The number of hydrogen-bond donors (Lipinski definition) is 2. The molecule has 1 rings (SSSR count). The number of sulfone groups is 1. The molecule has 1 atom stereocenters. The normalized spacial score (nSPS) is 12.7. The Morgan fingerprint density at radius 2 is 1.86 bits per heavy atom. The molecule has 0 saturated carbocycles. The number of carbonyl (C=O) groups is 2. The van der Waals surface area contributed by atoms with E-state index in [-0.39, 0.29) is 18.6 Å². The Balaban J connectivity index is 2.60. The molecule has 6 nitrogen and oxygen atoms in total. The minimum absolute atomic E-state index is 0.108. The van der Waals surface area contributed by atoms with Gasteiger partial charge in [-0.05, 0) is 24.1 Å². The van der Waals surface area contributed by atoms with Gasteiger partial charge < -0.3 is 10.4 Å². The molecule has 1 aromatic rings. The number of halogens is 1. The first-order chi connectivity index (χ1) is 9.67. The molecule has 0 saturated heterocycles. The lowest BCUT2D eigenvalue weighted by molar-refractivity contribution is -0.141. The molecule has 0 aromatic heterocycles. The zero-order valence-corrected chi connectivity index (χ0v) is 12.2. The summed E-state index contributed by atoms with van der Waals surface area (Å²) in [6.45, 7) is 0. The van der Waals surface area contributed by atoms with Gasteiger partial charge in [0.1, 0.15) is 21.7 Å². The first-order valence-corrected chi connectivity index (χ1v) is 8.18. The van der Waals surface area contributed by atoms with Crippen LogP contribution in [-0.2, 0) is 25.8 Å². The second-order valence-electron chi connectivity index (χ2n) is 4.68. The summed E-state index contributed by atoms with van der Waals surface area (Å²) < 4.78 is 34.8. The molecule has 21 heavy (non-hydrogen) atoms. The van der Waals surface area contributed by atoms with Gasteiger partial charge in [0.25, 0.3) is 0 Å². The Kier molecular flexibility index (Phi) is 5.83. The van der Waals surface area contributed by atoms with Gasteiger partial charge in [-0.2, -0.15) is 0 Å². The Labute approximate surface area is 121 Å². The first kappa shape index (κ1) is 17.1. The summed E-state index contributed by atoms with van der Waals surface area (Å²) in [6.07, 6.45) is 0.679. The maximum Gasteiger partial charge on any atom is 0.326 e. The average molecular weight is 317 g/mol. The van der Waals surface area contributed by atoms with Crippen molar-refractivity contribution in [3.8, 4) is 0 Å². The summed E-state index contributed by atoms with van der Waals surface area (Å²) in [5.41, 5.74) is 0.529. The molecule has 2 N–H and O–H groups in total. The second-order valence-corrected chi connectivity index (χ2v) is 6.94. The Morgan fingerprint density at radius 3 is 2.33 bits per heavy atom. The zero-order valence-electron chi connectivity index (χ0n) is 11.4. The van der Waals surface area contributed by atoms with Crippen molar-refractivity contribution < 1.29 is 27.5 Å². The van der Waals surface area contributed by atoms with Gasteiger partial charge >= 0.3 is 5.97 Å². The molecule has 1 aromatic carbocycles. The summed E-state index contributed by atoms with van der Waals surface area (Å²) in [5.74, 6) is -2.63. The molecule has 116 valence electrons. The number of benzene rings is 1. The topological polar surface area (TPSA) is 101 Å². The van der Waals surface area contributed by atoms with Gasteiger partial charge in [-0.3, -0.25) is 4.79 Å². The molecular weight excluding hydrogens is 301 g/mol. The highest BCUT2D eigenvalue weighted by Crippen LogP contribution is 2.04. The maximum atomic E-state index is 12.7. The minimum Gasteiger partial charge on any atom is -0.480 e. The summed E-state index contributed by atoms with van der Waals surface area (Å²) in [4.78, 5) is 22.7. The molecule has 0 heterocycles. The standard InChI is InChI=1S/C13H16FNO5S/c1-21(19,20)7-6-11(13(17)18)15-12(16)8-9-2-4-10(14)5-3-9/h2-5,11H,6-8H2,1H3,(H,15,16)(H,17,18). The Bertz CT molecular complexity index is 612. The van der Waals surface area contributed by atoms with Crippen LogP contribution in [0, 0.1) is 5.82 Å². The van der Waals surface area contributed by atoms with Gasteiger partial charge in [-0.15, -0.1) is 0 Å². The largest absolute Gasteiger partial charge is 0.480 e. The molecule has 0 spiro atoms. The van der Waals surface area contributed by atoms with Gasteiger partial charge in [0.05, 0.1) is 12.2 Å². The molecule has 8 heteroatoms. The zero-order chi connectivity index (χ0) is 16.0. The Hall–Kier alpha value is -1.96. The third kappa shape index (κ3) is 6.84. The molecule has 0 fully saturated rings. The molecule has 1 amide bonds. The predicted molar refractivity (Wildman–Crippen MR) is 74.0 cm³/mol. The molecule has 0 radical (unpaired) electrons. The van der Waals surface area contributed by atoms with Crippen molar-refractivity contribution in [2.45, 2.75) is 18.9 Å². The molecule has 0 aliphatic carbocycles. The molecule has 0 aliphatic rings. The summed E-state index contributed by atoms with van der Waals surface area (Å²) in [5, 5.41) is 11.2. The quantitative estimate of drug-likeness (QED) is 0.757. The van der Waals surface area contributed by atoms with E-state index in [1.807, 2.05) is 0 Å². The smallest absolute Gasteiger partial charge is 0.326 e. The van der Waals surface area contributed by atoms with Crippen LogP contribution >= 0.6 is 0 Å². The van der Waals surface area contributed by atoms with Gasteiger partial charge in [0.2, 0.25) is 5.91 Å². The number of carboxylic acids is 1. The van der Waals surface area contributed by atoms with E-state index in [0.29, 0.717) is 5.56 Å². The van der Waals surface area contributed by atoms with Gasteiger partial charge in [0, 0.05) is 6.26 Å². The second kappa shape index (κ2) is 7.16. The third-order valence-corrected chi connectivity index (χ3v) is 3.67. The van der Waals surface area contributed by atoms with Crippen molar-refractivity contribution in [2.24, 2.45) is 0 Å². The SMILES string of the molecule is CS(=O)(=O)CCC(NC(=O)Cc1ccc(F)cc1)C(=O)O. The lowest BCUT2D eigenvalue weighted by Crippen LogP contribution is -2.42. The number of nitrogens with one attached hydrogen (secondary N) is 1. The van der Waals surface area contributed by atoms with Crippen molar-refractivity contribution in [2.75, 3.05) is 12.0 Å². The number of aliphatic carboxylic acids is 1. The van der Waals surface area contributed by atoms with Crippen LogP contribution in [0.4, 0.5) is 4.39 Å². The lowest BCUT2D eigenvalue weighted by Gasteiger charge is -2.14. The first-order valence-electron chi connectivity index (χ1n) is 6.12. The van der Waals surface area contributed by atoms with E-state index in [1.54, 1.807) is 0 Å². The van der Waals surface area contributed by atoms with E-state index in [1.165, 1.54) is 24.3 Å². The number of amides is 1. The highest BCUT2D eigenvalue weighted by Gasteiger charge is 2.21. The maximum absolute atomic E-state index is 12.7. The van der Waals surface area contributed by atoms with E-state index >= 15 is 0 Å². The van der Waals surface area contributed by atoms with E-state index in [9.17, 15) is 22.4 Å². The van der Waals surface area contributed by atoms with Gasteiger partial charge in [-0.25, -0.2) is 17.6 Å². The van der Waals surface area contributed by atoms with Crippen LogP contribution in [0.3, 0.4) is 0 Å². The summed E-state index contributed by atoms with van der Waals surface area (Å²) in [6, 6.07) is 3.96. The van der Waals surface area contributed by atoms with E-state index in [4.69, 9.17) is 5.11 Å². The van der Waals surface area contributed by atoms with Crippen molar-refractivity contribution in [1.82, 2.24) is 5.32 Å². The van der Waals surface area contributed by atoms with Gasteiger partial charge in [-0.1, -0.05) is 12.1 Å².